The number of rotatable bonds is 5. The number of hydrogen-bond acceptors (Lipinski definition) is 4. The zero-order chi connectivity index (χ0) is 17.2. The van der Waals surface area contributed by atoms with Crippen molar-refractivity contribution in [2.45, 2.75) is 6.42 Å². The van der Waals surface area contributed by atoms with Gasteiger partial charge in [0.25, 0.3) is 5.56 Å². The van der Waals surface area contributed by atoms with Gasteiger partial charge < -0.3 is 14.7 Å². The number of nitrogens with one attached hydrogen (secondary N) is 2. The largest absolute Gasteiger partial charge is 0.384 e. The van der Waals surface area contributed by atoms with Crippen LogP contribution in [0.4, 0.5) is 0 Å². The normalized spacial score (nSPS) is 11.9. The molecule has 1 aromatic carbocycles. The molecule has 0 fully saturated rings. The number of benzene rings is 1. The molecule has 0 radical (unpaired) electrons. The first kappa shape index (κ1) is 15.8. The van der Waals surface area contributed by atoms with E-state index < -0.39 is 0 Å². The molecule has 4 rings (SSSR count). The Morgan fingerprint density at radius 2 is 2.12 bits per heavy atom. The van der Waals surface area contributed by atoms with Crippen LogP contribution in [0.1, 0.15) is 12.0 Å². The monoisotopic (exact) mass is 351 g/mol. The van der Waals surface area contributed by atoms with Crippen molar-refractivity contribution in [2.24, 2.45) is 0 Å². The standard InChI is InChI=1S/C19H17N3O2S/c1-24-7-3-2-4-12-5-6-14-13(8-12)9-15(20-14)18-19(23)22-17-11-25-10-16(17)21-18/h2,4-6,8-11,20H,3,7H2,1H3,(H,22,23)/b4-2+. The van der Waals surface area contributed by atoms with Crippen LogP contribution >= 0.6 is 11.3 Å². The molecule has 0 amide bonds. The van der Waals surface area contributed by atoms with Gasteiger partial charge in [0, 0.05) is 35.4 Å². The third kappa shape index (κ3) is 3.14. The predicted molar refractivity (Wildman–Crippen MR) is 103 cm³/mol. The molecule has 25 heavy (non-hydrogen) atoms. The zero-order valence-corrected chi connectivity index (χ0v) is 14.5. The Morgan fingerprint density at radius 1 is 1.20 bits per heavy atom. The number of methoxy groups -OCH3 is 1. The van der Waals surface area contributed by atoms with E-state index in [-0.39, 0.29) is 5.56 Å². The summed E-state index contributed by atoms with van der Waals surface area (Å²) < 4.78 is 5.04. The van der Waals surface area contributed by atoms with E-state index in [1.165, 1.54) is 11.3 Å². The lowest BCUT2D eigenvalue weighted by molar-refractivity contribution is 0.204. The molecule has 4 aromatic rings. The molecule has 5 nitrogen and oxygen atoms in total. The molecule has 0 bridgehead atoms. The SMILES string of the molecule is COCC/C=C/c1ccc2[nH]c(-c3nc4cscc4[nH]c3=O)cc2c1. The second-order valence-corrected chi connectivity index (χ2v) is 6.54. The highest BCUT2D eigenvalue weighted by molar-refractivity contribution is 7.09. The highest BCUT2D eigenvalue weighted by atomic mass is 32.1. The van der Waals surface area contributed by atoms with E-state index in [1.54, 1.807) is 7.11 Å². The van der Waals surface area contributed by atoms with Gasteiger partial charge in [-0.3, -0.25) is 4.79 Å². The molecule has 3 aromatic heterocycles. The minimum Gasteiger partial charge on any atom is -0.384 e. The fourth-order valence-electron chi connectivity index (χ4n) is 2.79. The van der Waals surface area contributed by atoms with Gasteiger partial charge in [-0.1, -0.05) is 18.2 Å². The topological polar surface area (TPSA) is 70.8 Å². The van der Waals surface area contributed by atoms with E-state index in [0.29, 0.717) is 12.3 Å². The lowest BCUT2D eigenvalue weighted by Crippen LogP contribution is -2.10. The van der Waals surface area contributed by atoms with E-state index in [9.17, 15) is 4.79 Å². The van der Waals surface area contributed by atoms with Gasteiger partial charge in [-0.2, -0.15) is 0 Å². The fraction of sp³-hybridized carbons (Fsp3) is 0.158. The maximum absolute atomic E-state index is 12.3. The van der Waals surface area contributed by atoms with E-state index >= 15 is 0 Å². The number of fused-ring (bicyclic) bond motifs is 2. The van der Waals surface area contributed by atoms with Crippen LogP contribution in [0.2, 0.25) is 0 Å². The average molecular weight is 351 g/mol. The van der Waals surface area contributed by atoms with Crippen molar-refractivity contribution in [1.29, 1.82) is 0 Å². The van der Waals surface area contributed by atoms with Crippen LogP contribution in [0.5, 0.6) is 0 Å². The molecule has 0 saturated carbocycles. The Kier molecular flexibility index (Phi) is 4.21. The number of aromatic nitrogens is 3. The first-order valence-corrected chi connectivity index (χ1v) is 8.94. The Bertz CT molecular complexity index is 1120. The Morgan fingerprint density at radius 3 is 3.00 bits per heavy atom. The third-order valence-corrected chi connectivity index (χ3v) is 4.77. The lowest BCUT2D eigenvalue weighted by atomic mass is 10.1. The Balaban J connectivity index is 1.71. The molecular weight excluding hydrogens is 334 g/mol. The van der Waals surface area contributed by atoms with E-state index in [1.807, 2.05) is 29.0 Å². The van der Waals surface area contributed by atoms with Crippen molar-refractivity contribution < 1.29 is 4.74 Å². The first-order valence-electron chi connectivity index (χ1n) is 7.99. The van der Waals surface area contributed by atoms with Crippen molar-refractivity contribution in [3.05, 3.63) is 57.0 Å². The Hall–Kier alpha value is -2.70. The summed E-state index contributed by atoms with van der Waals surface area (Å²) in [7, 11) is 1.70. The van der Waals surface area contributed by atoms with Gasteiger partial charge in [-0.05, 0) is 30.2 Å². The fourth-order valence-corrected chi connectivity index (χ4v) is 3.49. The van der Waals surface area contributed by atoms with Gasteiger partial charge in [-0.25, -0.2) is 4.98 Å². The lowest BCUT2D eigenvalue weighted by Gasteiger charge is -1.96. The van der Waals surface area contributed by atoms with Gasteiger partial charge in [-0.15, -0.1) is 11.3 Å². The van der Waals surface area contributed by atoms with E-state index in [0.717, 1.165) is 39.6 Å². The summed E-state index contributed by atoms with van der Waals surface area (Å²) in [5.74, 6) is 0. The highest BCUT2D eigenvalue weighted by Crippen LogP contribution is 2.24. The second kappa shape index (κ2) is 6.66. The molecule has 0 aliphatic heterocycles. The van der Waals surface area contributed by atoms with Crippen LogP contribution in [-0.4, -0.2) is 28.7 Å². The minimum absolute atomic E-state index is 0.183. The maximum atomic E-state index is 12.3. The molecule has 0 aliphatic carbocycles. The van der Waals surface area contributed by atoms with Gasteiger partial charge in [0.1, 0.15) is 0 Å². The first-order chi connectivity index (χ1) is 12.2. The van der Waals surface area contributed by atoms with Crippen LogP contribution in [0.25, 0.3) is 39.4 Å². The molecule has 0 atom stereocenters. The molecule has 126 valence electrons. The van der Waals surface area contributed by atoms with Crippen LogP contribution in [-0.2, 0) is 4.74 Å². The quantitative estimate of drug-likeness (QED) is 0.530. The van der Waals surface area contributed by atoms with Gasteiger partial charge in [0.2, 0.25) is 0 Å². The zero-order valence-electron chi connectivity index (χ0n) is 13.7. The number of H-pyrrole nitrogens is 2. The number of hydrogen-bond donors (Lipinski definition) is 2. The number of aromatic amines is 2. The van der Waals surface area contributed by atoms with Crippen LogP contribution in [0, 0.1) is 0 Å². The molecule has 6 heteroatoms. The van der Waals surface area contributed by atoms with Crippen molar-refractivity contribution in [2.75, 3.05) is 13.7 Å². The molecule has 0 spiro atoms. The summed E-state index contributed by atoms with van der Waals surface area (Å²) in [6, 6.07) is 8.13. The van der Waals surface area contributed by atoms with Crippen LogP contribution in [0.15, 0.2) is 45.9 Å². The number of nitrogens with zero attached hydrogens (tertiary/aromatic N) is 1. The predicted octanol–water partition coefficient (Wildman–Crippen LogP) is 4.18. The summed E-state index contributed by atoms with van der Waals surface area (Å²) in [4.78, 5) is 23.0. The van der Waals surface area contributed by atoms with Gasteiger partial charge >= 0.3 is 0 Å². The van der Waals surface area contributed by atoms with Crippen molar-refractivity contribution in [3.8, 4) is 11.4 Å². The second-order valence-electron chi connectivity index (χ2n) is 5.80. The van der Waals surface area contributed by atoms with E-state index in [4.69, 9.17) is 4.74 Å². The Labute approximate surface area is 148 Å². The molecule has 0 unspecified atom stereocenters. The van der Waals surface area contributed by atoms with Gasteiger partial charge in [0.15, 0.2) is 5.69 Å². The van der Waals surface area contributed by atoms with Crippen molar-refractivity contribution in [3.63, 3.8) is 0 Å². The maximum Gasteiger partial charge on any atom is 0.276 e. The number of ether oxygens (including phenoxy) is 1. The van der Waals surface area contributed by atoms with Crippen molar-refractivity contribution >= 4 is 39.3 Å². The summed E-state index contributed by atoms with van der Waals surface area (Å²) in [6.45, 7) is 0.715. The third-order valence-electron chi connectivity index (χ3n) is 4.04. The van der Waals surface area contributed by atoms with Gasteiger partial charge in [0.05, 0.1) is 16.7 Å². The molecular formula is C19H17N3O2S. The summed E-state index contributed by atoms with van der Waals surface area (Å²) in [5.41, 5.74) is 4.64. The molecule has 3 heterocycles. The minimum atomic E-state index is -0.183. The van der Waals surface area contributed by atoms with Crippen molar-refractivity contribution in [1.82, 2.24) is 15.0 Å². The summed E-state index contributed by atoms with van der Waals surface area (Å²) in [5, 5.41) is 4.87. The molecule has 0 saturated heterocycles. The summed E-state index contributed by atoms with van der Waals surface area (Å²) >= 11 is 1.52. The number of thiophene rings is 1. The van der Waals surface area contributed by atoms with Crippen LogP contribution in [0.3, 0.4) is 0 Å². The smallest absolute Gasteiger partial charge is 0.276 e. The molecule has 2 N–H and O–H groups in total. The summed E-state index contributed by atoms with van der Waals surface area (Å²) in [6.07, 6.45) is 5.05. The highest BCUT2D eigenvalue weighted by Gasteiger charge is 2.11. The van der Waals surface area contributed by atoms with E-state index in [2.05, 4.69) is 33.2 Å². The average Bonchev–Trinajstić information content (AvgIpc) is 3.23. The molecule has 0 aliphatic rings. The van der Waals surface area contributed by atoms with Crippen LogP contribution < -0.4 is 5.56 Å².